The molecule has 2 aliphatic rings. The van der Waals surface area contributed by atoms with Crippen molar-refractivity contribution in [3.63, 3.8) is 0 Å². The van der Waals surface area contributed by atoms with Gasteiger partial charge in [-0.25, -0.2) is 14.8 Å². The zero-order valence-corrected chi connectivity index (χ0v) is 24.2. The number of β-lactam (4-membered cyclic amide) rings is 1. The third-order valence-electron chi connectivity index (χ3n) is 5.69. The molecule has 2 atom stereocenters. The van der Waals surface area contributed by atoms with Crippen LogP contribution in [0.15, 0.2) is 50.0 Å². The largest absolute Gasteiger partial charge is 0.477 e. The van der Waals surface area contributed by atoms with E-state index in [1.807, 2.05) is 0 Å². The number of primary amides is 1. The molecule has 0 bridgehead atoms. The average Bonchev–Trinajstić information content (AvgIpc) is 3.59. The van der Waals surface area contributed by atoms with Crippen LogP contribution in [0.2, 0.25) is 0 Å². The molecule has 19 heteroatoms. The summed E-state index contributed by atoms with van der Waals surface area (Å²) in [6, 6.07) is 2.50. The molecule has 1 saturated heterocycles. The lowest BCUT2D eigenvalue weighted by atomic mass is 10.0. The van der Waals surface area contributed by atoms with E-state index in [-0.39, 0.29) is 34.5 Å². The van der Waals surface area contributed by atoms with Crippen LogP contribution in [0.25, 0.3) is 11.4 Å². The molecule has 1 unspecified atom stereocenters. The highest BCUT2D eigenvalue weighted by Crippen LogP contribution is 2.45. The Hall–Kier alpha value is -4.07. The molecule has 41 heavy (non-hydrogen) atoms. The summed E-state index contributed by atoms with van der Waals surface area (Å²) in [6.45, 7) is 0.0409. The molecule has 0 radical (unpaired) electrons. The van der Waals surface area contributed by atoms with Crippen LogP contribution in [0.3, 0.4) is 0 Å². The number of carboxylic acid groups (broad SMARTS) is 1. The number of thiazole rings is 1. The van der Waals surface area contributed by atoms with Gasteiger partial charge in [0.05, 0.1) is 0 Å². The fourth-order valence-electron chi connectivity index (χ4n) is 3.94. The molecular weight excluding hydrogens is 615 g/mol. The van der Waals surface area contributed by atoms with Crippen LogP contribution in [-0.4, -0.2) is 78.0 Å². The number of hydrogen-bond acceptors (Lipinski definition) is 14. The molecule has 6 N–H and O–H groups in total. The molecule has 0 saturated carbocycles. The van der Waals surface area contributed by atoms with Crippen LogP contribution in [0.5, 0.6) is 0 Å². The minimum Gasteiger partial charge on any atom is -0.477 e. The monoisotopic (exact) mass is 634 g/mol. The summed E-state index contributed by atoms with van der Waals surface area (Å²) in [4.78, 5) is 64.2. The maximum Gasteiger partial charge on any atom is 0.353 e. The zero-order chi connectivity index (χ0) is 29.3. The summed E-state index contributed by atoms with van der Waals surface area (Å²) in [6.07, 6.45) is 3.36. The number of hydrogen-bond donors (Lipinski definition) is 4. The number of nitrogens with one attached hydrogen (secondary N) is 1. The lowest BCUT2D eigenvalue weighted by Gasteiger charge is -2.49. The summed E-state index contributed by atoms with van der Waals surface area (Å²) >= 11 is 4.63. The Kier molecular flexibility index (Phi) is 8.20. The number of nitrogens with two attached hydrogens (primary N) is 2. The first kappa shape index (κ1) is 28.5. The van der Waals surface area contributed by atoms with E-state index in [2.05, 4.69) is 24.8 Å². The molecule has 212 valence electrons. The molecule has 0 aromatic carbocycles. The van der Waals surface area contributed by atoms with E-state index in [1.165, 1.54) is 24.3 Å². The molecule has 3 aromatic rings. The second-order valence-electron chi connectivity index (χ2n) is 8.34. The number of rotatable bonds is 10. The normalized spacial score (nSPS) is 18.5. The number of carboxylic acids is 1. The van der Waals surface area contributed by atoms with Gasteiger partial charge < -0.3 is 26.7 Å². The molecule has 15 nitrogen and oxygen atoms in total. The van der Waals surface area contributed by atoms with Crippen molar-refractivity contribution in [1.82, 2.24) is 24.6 Å². The fraction of sp³-hybridized carbons (Fsp3) is 0.227. The summed E-state index contributed by atoms with van der Waals surface area (Å²) in [5.41, 5.74) is 11.4. The van der Waals surface area contributed by atoms with E-state index < -0.39 is 35.1 Å². The van der Waals surface area contributed by atoms with E-state index >= 15 is 0 Å². The van der Waals surface area contributed by atoms with Gasteiger partial charge in [0, 0.05) is 33.7 Å². The number of aromatic nitrogens is 4. The number of anilines is 1. The van der Waals surface area contributed by atoms with Gasteiger partial charge in [0.15, 0.2) is 33.4 Å². The van der Waals surface area contributed by atoms with Crippen LogP contribution in [0, 0.1) is 0 Å². The molecular formula is C22H20N9O6S4+. The first-order valence-electron chi connectivity index (χ1n) is 11.5. The number of carbonyl (C=O) groups excluding carboxylic acids is 3. The first-order chi connectivity index (χ1) is 19.7. The van der Waals surface area contributed by atoms with Gasteiger partial charge in [0.1, 0.15) is 29.9 Å². The SMILES string of the molecule is CO/N=C(/C(=O)N[C@@H]1C(=O)N2C(C(=O)O)=C(Sc3nc(-c4cc[n+](CC(N)=O)cc4)ns3)CSC12)c1csc(N)n1. The van der Waals surface area contributed by atoms with Crippen LogP contribution < -0.4 is 21.4 Å². The second-order valence-corrected chi connectivity index (χ2v) is 12.4. The van der Waals surface area contributed by atoms with Gasteiger partial charge in [-0.15, -0.1) is 23.1 Å². The second kappa shape index (κ2) is 11.8. The Morgan fingerprint density at radius 3 is 2.71 bits per heavy atom. The number of thioether (sulfide) groups is 2. The Labute approximate surface area is 247 Å². The Bertz CT molecular complexity index is 1600. The van der Waals surface area contributed by atoms with Gasteiger partial charge in [0.2, 0.25) is 6.54 Å². The standard InChI is InChI=1S/C22H19N9O6S4/c1-37-28-13(10-7-39-21(24)25-10)17(33)26-14-18(34)31-15(20(35)36)11(8-38-19(14)31)40-22-27-16(29-41-22)9-2-4-30(5-3-9)6-12(23)32/h2-5,7,14,19H,6,8H2,1H3,(H5-,23,24,25,26,32,33,35,36)/p+1/b28-13+/t14-,19?/m1/s1. The van der Waals surface area contributed by atoms with E-state index in [0.717, 1.165) is 39.5 Å². The van der Waals surface area contributed by atoms with Gasteiger partial charge in [-0.2, -0.15) is 8.94 Å². The van der Waals surface area contributed by atoms with Crippen molar-refractivity contribution in [2.75, 3.05) is 18.6 Å². The number of carbonyl (C=O) groups is 4. The van der Waals surface area contributed by atoms with Crippen molar-refractivity contribution in [2.45, 2.75) is 22.3 Å². The van der Waals surface area contributed by atoms with Gasteiger partial charge in [0.25, 0.3) is 17.7 Å². The van der Waals surface area contributed by atoms with E-state index in [4.69, 9.17) is 16.3 Å². The fourth-order valence-corrected chi connectivity index (χ4v) is 7.74. The highest BCUT2D eigenvalue weighted by Gasteiger charge is 2.54. The molecule has 2 aliphatic heterocycles. The first-order valence-corrected chi connectivity index (χ1v) is 15.0. The van der Waals surface area contributed by atoms with Crippen molar-refractivity contribution in [2.24, 2.45) is 10.9 Å². The highest BCUT2D eigenvalue weighted by atomic mass is 32.2. The Balaban J connectivity index is 1.30. The van der Waals surface area contributed by atoms with Crippen LogP contribution in [0.4, 0.5) is 5.13 Å². The summed E-state index contributed by atoms with van der Waals surface area (Å²) in [5.74, 6) is -2.33. The molecule has 5 rings (SSSR count). The lowest BCUT2D eigenvalue weighted by Crippen LogP contribution is -2.71. The van der Waals surface area contributed by atoms with Crippen LogP contribution >= 0.6 is 46.4 Å². The number of nitrogen functional groups attached to an aromatic ring is 1. The molecule has 5 heterocycles. The number of aliphatic carboxylic acids is 1. The molecule has 0 aliphatic carbocycles. The van der Waals surface area contributed by atoms with Gasteiger partial charge in [-0.3, -0.25) is 19.3 Å². The highest BCUT2D eigenvalue weighted by molar-refractivity contribution is 8.07. The number of amides is 3. The number of oxime groups is 1. The van der Waals surface area contributed by atoms with Crippen molar-refractivity contribution in [3.05, 3.63) is 46.2 Å². The lowest BCUT2D eigenvalue weighted by molar-refractivity contribution is -0.684. The summed E-state index contributed by atoms with van der Waals surface area (Å²) in [5, 5.41) is 17.4. The average molecular weight is 635 g/mol. The Morgan fingerprint density at radius 2 is 2.07 bits per heavy atom. The maximum absolute atomic E-state index is 13.1. The molecule has 3 amide bonds. The van der Waals surface area contributed by atoms with E-state index in [1.54, 1.807) is 29.1 Å². The zero-order valence-electron chi connectivity index (χ0n) is 20.9. The van der Waals surface area contributed by atoms with Crippen molar-refractivity contribution < 1.29 is 33.7 Å². The number of fused-ring (bicyclic) bond motifs is 1. The third kappa shape index (κ3) is 5.87. The molecule has 0 spiro atoms. The van der Waals surface area contributed by atoms with Crippen LogP contribution in [-0.2, 0) is 30.6 Å². The van der Waals surface area contributed by atoms with Crippen molar-refractivity contribution >= 4 is 80.9 Å². The third-order valence-corrected chi connectivity index (χ3v) is 9.66. The van der Waals surface area contributed by atoms with Crippen molar-refractivity contribution in [1.29, 1.82) is 0 Å². The van der Waals surface area contributed by atoms with Crippen molar-refractivity contribution in [3.8, 4) is 11.4 Å². The number of pyridine rings is 1. The quantitative estimate of drug-likeness (QED) is 0.0991. The Morgan fingerprint density at radius 1 is 1.32 bits per heavy atom. The molecule has 3 aromatic heterocycles. The van der Waals surface area contributed by atoms with Gasteiger partial charge >= 0.3 is 5.97 Å². The molecule has 1 fully saturated rings. The topological polar surface area (TPSA) is 220 Å². The van der Waals surface area contributed by atoms with E-state index in [0.29, 0.717) is 20.6 Å². The predicted molar refractivity (Wildman–Crippen MR) is 150 cm³/mol. The minimum atomic E-state index is -1.28. The van der Waals surface area contributed by atoms with Gasteiger partial charge in [-0.1, -0.05) is 16.9 Å². The summed E-state index contributed by atoms with van der Waals surface area (Å²) in [7, 11) is 1.27. The number of nitrogens with zero attached hydrogens (tertiary/aromatic N) is 6. The predicted octanol–water partition coefficient (Wildman–Crippen LogP) is -0.144. The minimum absolute atomic E-state index is 0.0409. The smallest absolute Gasteiger partial charge is 0.353 e. The maximum atomic E-state index is 13.1. The van der Waals surface area contributed by atoms with Crippen LogP contribution in [0.1, 0.15) is 5.69 Å². The van der Waals surface area contributed by atoms with Gasteiger partial charge in [-0.05, 0) is 11.5 Å². The summed E-state index contributed by atoms with van der Waals surface area (Å²) < 4.78 is 6.46. The van der Waals surface area contributed by atoms with E-state index in [9.17, 15) is 24.3 Å².